The van der Waals surface area contributed by atoms with Gasteiger partial charge in [0.15, 0.2) is 0 Å². The molecule has 2 unspecified atom stereocenters. The number of nitrogens with one attached hydrogen (secondary N) is 1. The number of likely N-dealkylation sites (tertiary alicyclic amines) is 1. The third-order valence-corrected chi connectivity index (χ3v) is 6.90. The van der Waals surface area contributed by atoms with Gasteiger partial charge in [0.2, 0.25) is 0 Å². The molecule has 0 aromatic rings. The van der Waals surface area contributed by atoms with Crippen molar-refractivity contribution in [2.24, 2.45) is 5.92 Å². The molecule has 4 saturated heterocycles. The van der Waals surface area contributed by atoms with Gasteiger partial charge in [-0.3, -0.25) is 4.90 Å². The Hall–Kier alpha value is 0.230. The van der Waals surface area contributed by atoms with E-state index in [1.807, 2.05) is 0 Å². The standard InChI is InChI=1S/C15H26N2OS/c1-2-12-9-17(10-14(12)16-5-1)13-3-6-18-15(8-13)4-7-19-11-15/h12-14,16H,1-11H2/t12-,13?,14+,15?/m0/s1. The van der Waals surface area contributed by atoms with Crippen LogP contribution in [-0.2, 0) is 4.74 Å². The van der Waals surface area contributed by atoms with Crippen LogP contribution >= 0.6 is 11.8 Å². The molecule has 0 amide bonds. The highest BCUT2D eigenvalue weighted by Gasteiger charge is 2.44. The molecule has 4 atom stereocenters. The summed E-state index contributed by atoms with van der Waals surface area (Å²) in [6.45, 7) is 4.86. The monoisotopic (exact) mass is 282 g/mol. The summed E-state index contributed by atoms with van der Waals surface area (Å²) in [5.74, 6) is 3.47. The molecule has 4 fully saturated rings. The van der Waals surface area contributed by atoms with Crippen LogP contribution in [0.1, 0.15) is 32.1 Å². The Balaban J connectivity index is 1.42. The highest BCUT2D eigenvalue weighted by Crippen LogP contribution is 2.40. The van der Waals surface area contributed by atoms with Gasteiger partial charge in [-0.15, -0.1) is 0 Å². The molecular weight excluding hydrogens is 256 g/mol. The van der Waals surface area contributed by atoms with E-state index in [4.69, 9.17) is 4.74 Å². The third kappa shape index (κ3) is 2.45. The summed E-state index contributed by atoms with van der Waals surface area (Å²) in [6, 6.07) is 1.57. The van der Waals surface area contributed by atoms with Crippen molar-refractivity contribution in [3.05, 3.63) is 0 Å². The van der Waals surface area contributed by atoms with E-state index in [1.165, 1.54) is 63.2 Å². The second kappa shape index (κ2) is 5.21. The van der Waals surface area contributed by atoms with Crippen LogP contribution in [0.25, 0.3) is 0 Å². The SMILES string of the molecule is C1CN[C@@H]2CN(C3CCOC4(CCSC4)C3)C[C@@H]2C1. The van der Waals surface area contributed by atoms with E-state index in [1.54, 1.807) is 0 Å². The number of thioether (sulfide) groups is 1. The van der Waals surface area contributed by atoms with Crippen LogP contribution in [0.5, 0.6) is 0 Å². The van der Waals surface area contributed by atoms with Crippen LogP contribution in [0.4, 0.5) is 0 Å². The average Bonchev–Trinajstić information content (AvgIpc) is 3.05. The van der Waals surface area contributed by atoms with Crippen molar-refractivity contribution in [2.75, 3.05) is 37.7 Å². The predicted octanol–water partition coefficient (Wildman–Crippen LogP) is 1.72. The summed E-state index contributed by atoms with van der Waals surface area (Å²) >= 11 is 2.09. The molecule has 1 N–H and O–H groups in total. The Morgan fingerprint density at radius 1 is 1.26 bits per heavy atom. The molecule has 1 spiro atoms. The van der Waals surface area contributed by atoms with Crippen LogP contribution in [0.15, 0.2) is 0 Å². The molecule has 0 aromatic carbocycles. The molecular formula is C15H26N2OS. The van der Waals surface area contributed by atoms with E-state index < -0.39 is 0 Å². The fourth-order valence-corrected chi connectivity index (χ4v) is 5.93. The maximum absolute atomic E-state index is 6.17. The quantitative estimate of drug-likeness (QED) is 0.791. The molecule has 4 heteroatoms. The van der Waals surface area contributed by atoms with Crippen LogP contribution in [0.2, 0.25) is 0 Å². The smallest absolute Gasteiger partial charge is 0.0795 e. The first kappa shape index (κ1) is 12.9. The summed E-state index contributed by atoms with van der Waals surface area (Å²) < 4.78 is 6.17. The van der Waals surface area contributed by atoms with Gasteiger partial charge in [0.05, 0.1) is 5.60 Å². The zero-order valence-electron chi connectivity index (χ0n) is 11.8. The van der Waals surface area contributed by atoms with E-state index in [9.17, 15) is 0 Å². The summed E-state index contributed by atoms with van der Waals surface area (Å²) in [6.07, 6.45) is 6.65. The lowest BCUT2D eigenvalue weighted by Gasteiger charge is -2.41. The molecule has 108 valence electrons. The van der Waals surface area contributed by atoms with E-state index in [-0.39, 0.29) is 5.60 Å². The van der Waals surface area contributed by atoms with E-state index in [0.717, 1.165) is 24.6 Å². The van der Waals surface area contributed by atoms with Crippen molar-refractivity contribution in [3.8, 4) is 0 Å². The van der Waals surface area contributed by atoms with Gasteiger partial charge in [0.25, 0.3) is 0 Å². The molecule has 0 saturated carbocycles. The Morgan fingerprint density at radius 3 is 3.11 bits per heavy atom. The summed E-state index contributed by atoms with van der Waals surface area (Å²) in [5, 5.41) is 3.73. The second-order valence-electron chi connectivity index (χ2n) is 6.90. The van der Waals surface area contributed by atoms with Crippen LogP contribution in [0.3, 0.4) is 0 Å². The number of piperidine rings is 1. The number of rotatable bonds is 1. The van der Waals surface area contributed by atoms with Gasteiger partial charge in [-0.25, -0.2) is 0 Å². The van der Waals surface area contributed by atoms with E-state index in [2.05, 4.69) is 22.0 Å². The number of ether oxygens (including phenoxy) is 1. The minimum absolute atomic E-state index is 0.245. The van der Waals surface area contributed by atoms with Gasteiger partial charge >= 0.3 is 0 Å². The summed E-state index contributed by atoms with van der Waals surface area (Å²) in [4.78, 5) is 2.79. The predicted molar refractivity (Wildman–Crippen MR) is 79.7 cm³/mol. The van der Waals surface area contributed by atoms with Gasteiger partial charge < -0.3 is 10.1 Å². The minimum atomic E-state index is 0.245. The molecule has 0 bridgehead atoms. The highest BCUT2D eigenvalue weighted by molar-refractivity contribution is 7.99. The van der Waals surface area contributed by atoms with Gasteiger partial charge in [-0.2, -0.15) is 11.8 Å². The first-order valence-electron chi connectivity index (χ1n) is 8.04. The topological polar surface area (TPSA) is 24.5 Å². The number of nitrogens with zero attached hydrogens (tertiary/aromatic N) is 1. The summed E-state index contributed by atoms with van der Waals surface area (Å²) in [7, 11) is 0. The van der Waals surface area contributed by atoms with E-state index in [0.29, 0.717) is 0 Å². The highest BCUT2D eigenvalue weighted by atomic mass is 32.2. The fraction of sp³-hybridized carbons (Fsp3) is 1.00. The van der Waals surface area contributed by atoms with Crippen molar-refractivity contribution >= 4 is 11.8 Å². The molecule has 4 heterocycles. The molecule has 19 heavy (non-hydrogen) atoms. The number of hydrogen-bond donors (Lipinski definition) is 1. The number of fused-ring (bicyclic) bond motifs is 1. The Kier molecular flexibility index (Phi) is 3.55. The van der Waals surface area contributed by atoms with Crippen molar-refractivity contribution < 1.29 is 4.74 Å². The van der Waals surface area contributed by atoms with Crippen molar-refractivity contribution in [1.82, 2.24) is 10.2 Å². The zero-order chi connectivity index (χ0) is 12.7. The van der Waals surface area contributed by atoms with Crippen LogP contribution in [0, 0.1) is 5.92 Å². The van der Waals surface area contributed by atoms with E-state index >= 15 is 0 Å². The minimum Gasteiger partial charge on any atom is -0.374 e. The van der Waals surface area contributed by atoms with Gasteiger partial charge in [-0.1, -0.05) is 0 Å². The van der Waals surface area contributed by atoms with Crippen molar-refractivity contribution in [1.29, 1.82) is 0 Å². The lowest BCUT2D eigenvalue weighted by atomic mass is 9.89. The first-order chi connectivity index (χ1) is 9.35. The molecule has 0 aromatic heterocycles. The largest absolute Gasteiger partial charge is 0.374 e. The van der Waals surface area contributed by atoms with Gasteiger partial charge in [0, 0.05) is 37.5 Å². The molecule has 0 radical (unpaired) electrons. The van der Waals surface area contributed by atoms with Crippen LogP contribution < -0.4 is 5.32 Å². The second-order valence-corrected chi connectivity index (χ2v) is 8.00. The maximum atomic E-state index is 6.17. The molecule has 4 aliphatic rings. The third-order valence-electron chi connectivity index (χ3n) is 5.68. The Bertz CT molecular complexity index is 318. The first-order valence-corrected chi connectivity index (χ1v) is 9.19. The van der Waals surface area contributed by atoms with Crippen LogP contribution in [-0.4, -0.2) is 60.3 Å². The molecule has 3 nitrogen and oxygen atoms in total. The maximum Gasteiger partial charge on any atom is 0.0795 e. The lowest BCUT2D eigenvalue weighted by molar-refractivity contribution is -0.0872. The zero-order valence-corrected chi connectivity index (χ0v) is 12.6. The lowest BCUT2D eigenvalue weighted by Crippen LogP contribution is -2.49. The van der Waals surface area contributed by atoms with Gasteiger partial charge in [-0.05, 0) is 50.3 Å². The average molecular weight is 282 g/mol. The molecule has 4 rings (SSSR count). The fourth-order valence-electron chi connectivity index (χ4n) is 4.56. The summed E-state index contributed by atoms with van der Waals surface area (Å²) in [5.41, 5.74) is 0.245. The number of hydrogen-bond acceptors (Lipinski definition) is 4. The normalized spacial score (nSPS) is 47.7. The van der Waals surface area contributed by atoms with Gasteiger partial charge in [0.1, 0.15) is 0 Å². The Labute approximate surface area is 120 Å². The van der Waals surface area contributed by atoms with Crippen molar-refractivity contribution in [2.45, 2.75) is 49.8 Å². The van der Waals surface area contributed by atoms with Crippen molar-refractivity contribution in [3.63, 3.8) is 0 Å². The molecule has 0 aliphatic carbocycles. The Morgan fingerprint density at radius 2 is 2.26 bits per heavy atom. The molecule has 4 aliphatic heterocycles.